The first-order chi connectivity index (χ1) is 44.5. The van der Waals surface area contributed by atoms with Crippen LogP contribution in [-0.2, 0) is 0 Å². The van der Waals surface area contributed by atoms with Gasteiger partial charge in [-0.3, -0.25) is 4.98 Å². The fraction of sp³-hybridized carbons (Fsp3) is 0. The lowest BCUT2D eigenvalue weighted by Gasteiger charge is -2.30. The molecule has 6 aromatic heterocycles. The Kier molecular flexibility index (Phi) is 11.5. The molecular weight excluding hydrogens is 1100 g/mol. The van der Waals surface area contributed by atoms with Crippen molar-refractivity contribution in [1.82, 2.24) is 38.2 Å². The number of nitrogens with zero attached hydrogens (tertiary/aromatic N) is 12. The molecule has 0 aliphatic heterocycles. The van der Waals surface area contributed by atoms with Crippen molar-refractivity contribution < 1.29 is 0 Å². The van der Waals surface area contributed by atoms with E-state index in [-0.39, 0.29) is 0 Å². The third-order valence-corrected chi connectivity index (χ3v) is 17.3. The minimum atomic E-state index is 0.327. The van der Waals surface area contributed by atoms with E-state index in [0.717, 1.165) is 98.4 Å². The van der Waals surface area contributed by atoms with Crippen LogP contribution in [0.25, 0.3) is 155 Å². The predicted molar refractivity (Wildman–Crippen MR) is 356 cm³/mol. The van der Waals surface area contributed by atoms with E-state index in [9.17, 15) is 21.0 Å². The quantitative estimate of drug-likeness (QED) is 0.145. The summed E-state index contributed by atoms with van der Waals surface area (Å²) < 4.78 is 9.29. The van der Waals surface area contributed by atoms with Crippen LogP contribution in [0.4, 0.5) is 0 Å². The summed E-state index contributed by atoms with van der Waals surface area (Å²) in [5.74, 6) is 1.19. The summed E-state index contributed by atoms with van der Waals surface area (Å²) in [7, 11) is 0. The maximum Gasteiger partial charge on any atom is 0.167 e. The van der Waals surface area contributed by atoms with Gasteiger partial charge in [0.2, 0.25) is 0 Å². The van der Waals surface area contributed by atoms with Crippen molar-refractivity contribution in [3.63, 3.8) is 0 Å². The Labute approximate surface area is 513 Å². The van der Waals surface area contributed by atoms with Gasteiger partial charge in [0.25, 0.3) is 0 Å². The second kappa shape index (κ2) is 20.2. The molecule has 12 heteroatoms. The van der Waals surface area contributed by atoms with Crippen molar-refractivity contribution in [1.29, 1.82) is 21.0 Å². The lowest BCUT2D eigenvalue weighted by molar-refractivity contribution is 1.01. The van der Waals surface area contributed by atoms with Crippen LogP contribution in [0.1, 0.15) is 22.3 Å². The van der Waals surface area contributed by atoms with Crippen LogP contribution in [0, 0.1) is 45.3 Å². The predicted octanol–water partition coefficient (Wildman–Crippen LogP) is 17.8. The molecule has 11 aromatic carbocycles. The first-order valence-electron chi connectivity index (χ1n) is 29.3. The van der Waals surface area contributed by atoms with E-state index in [4.69, 9.17) is 19.9 Å². The summed E-state index contributed by atoms with van der Waals surface area (Å²) in [6, 6.07) is 92.4. The fourth-order valence-electron chi connectivity index (χ4n) is 13.6. The summed E-state index contributed by atoms with van der Waals surface area (Å²) in [4.78, 5) is 22.3. The van der Waals surface area contributed by atoms with Crippen molar-refractivity contribution in [2.45, 2.75) is 0 Å². The molecule has 0 radical (unpaired) electrons. The van der Waals surface area contributed by atoms with Gasteiger partial charge in [0.15, 0.2) is 17.5 Å². The molecule has 0 atom stereocenters. The molecule has 90 heavy (non-hydrogen) atoms. The smallest absolute Gasteiger partial charge is 0.167 e. The minimum Gasteiger partial charge on any atom is -0.306 e. The molecule has 0 fully saturated rings. The van der Waals surface area contributed by atoms with Crippen molar-refractivity contribution in [2.24, 2.45) is 0 Å². The monoisotopic (exact) mass is 1150 g/mol. The van der Waals surface area contributed by atoms with Crippen molar-refractivity contribution in [3.8, 4) is 92.4 Å². The summed E-state index contributed by atoms with van der Waals surface area (Å²) in [5, 5.41) is 49.8. The second-order valence-corrected chi connectivity index (χ2v) is 22.2. The second-order valence-electron chi connectivity index (χ2n) is 22.2. The van der Waals surface area contributed by atoms with Gasteiger partial charge in [-0.05, 0) is 109 Å². The third kappa shape index (κ3) is 7.63. The molecule has 0 bridgehead atoms. The Morgan fingerprint density at radius 3 is 0.900 bits per heavy atom. The lowest BCUT2D eigenvalue weighted by atomic mass is 9.93. The van der Waals surface area contributed by atoms with Crippen LogP contribution in [0.5, 0.6) is 0 Å². The molecule has 0 spiro atoms. The Balaban J connectivity index is 1.26. The van der Waals surface area contributed by atoms with E-state index in [2.05, 4.69) is 91.1 Å². The van der Waals surface area contributed by atoms with Crippen molar-refractivity contribution in [2.75, 3.05) is 0 Å². The fourth-order valence-corrected chi connectivity index (χ4v) is 13.6. The van der Waals surface area contributed by atoms with Crippen molar-refractivity contribution >= 4 is 87.2 Å². The Morgan fingerprint density at radius 2 is 0.556 bits per heavy atom. The highest BCUT2D eigenvalue weighted by molar-refractivity contribution is 6.18. The molecule has 0 saturated heterocycles. The molecule has 0 saturated carbocycles. The van der Waals surface area contributed by atoms with Gasteiger partial charge in [0, 0.05) is 66.0 Å². The first kappa shape index (κ1) is 51.2. The van der Waals surface area contributed by atoms with Crippen LogP contribution in [0.2, 0.25) is 0 Å². The van der Waals surface area contributed by atoms with Crippen LogP contribution in [0.3, 0.4) is 0 Å². The standard InChI is InChI=1S/C78H42N12/c79-43-47-30-34-66-57(39-47)53-21-7-11-26-62(53)87(66)72-70(61-25-15-16-38-83-61)71(78-85-76(51-17-3-1-4-18-51)84-77(86-78)52-19-5-2-6-20-52)73(88-63-27-12-8-22-54(63)58-40-48(44-80)31-35-67(58)88)75(90-65-29-14-10-24-56(65)60-42-50(46-82)33-37-69(60)90)74(72)89-64-28-13-9-23-55(64)59-41-49(45-81)32-36-68(59)89/h1-42H. The van der Waals surface area contributed by atoms with Gasteiger partial charge in [-0.1, -0.05) is 140 Å². The van der Waals surface area contributed by atoms with Gasteiger partial charge in [0.05, 0.1) is 125 Å². The van der Waals surface area contributed by atoms with E-state index in [0.29, 0.717) is 79.3 Å². The van der Waals surface area contributed by atoms with Crippen LogP contribution < -0.4 is 0 Å². The van der Waals surface area contributed by atoms with Crippen LogP contribution >= 0.6 is 0 Å². The minimum absolute atomic E-state index is 0.327. The number of para-hydroxylation sites is 4. The molecule has 6 heterocycles. The molecule has 0 N–H and O–H groups in total. The van der Waals surface area contributed by atoms with Gasteiger partial charge < -0.3 is 18.3 Å². The van der Waals surface area contributed by atoms with Crippen molar-refractivity contribution in [3.05, 3.63) is 277 Å². The topological polar surface area (TPSA) is 166 Å². The number of rotatable bonds is 8. The number of benzene rings is 11. The number of nitriles is 4. The van der Waals surface area contributed by atoms with E-state index < -0.39 is 0 Å². The average Bonchev–Trinajstić information content (AvgIpc) is 1.39. The van der Waals surface area contributed by atoms with Gasteiger partial charge in [-0.25, -0.2) is 15.0 Å². The number of pyridine rings is 1. The summed E-state index contributed by atoms with van der Waals surface area (Å²) in [6.45, 7) is 0. The van der Waals surface area contributed by atoms with E-state index in [1.54, 1.807) is 0 Å². The van der Waals surface area contributed by atoms with Gasteiger partial charge >= 0.3 is 0 Å². The largest absolute Gasteiger partial charge is 0.306 e. The highest BCUT2D eigenvalue weighted by atomic mass is 15.2. The number of hydrogen-bond acceptors (Lipinski definition) is 8. The van der Waals surface area contributed by atoms with E-state index in [1.165, 1.54) is 0 Å². The Morgan fingerprint density at radius 1 is 0.256 bits per heavy atom. The van der Waals surface area contributed by atoms with E-state index in [1.807, 2.05) is 206 Å². The maximum atomic E-state index is 10.7. The molecular formula is C78H42N12. The summed E-state index contributed by atoms with van der Waals surface area (Å²) in [6.07, 6.45) is 1.81. The molecule has 0 unspecified atom stereocenters. The maximum absolute atomic E-state index is 10.7. The first-order valence-corrected chi connectivity index (χ1v) is 29.3. The third-order valence-electron chi connectivity index (χ3n) is 17.3. The number of fused-ring (bicyclic) bond motifs is 12. The van der Waals surface area contributed by atoms with Gasteiger partial charge in [0.1, 0.15) is 0 Å². The van der Waals surface area contributed by atoms with Gasteiger partial charge in [-0.2, -0.15) is 21.0 Å². The van der Waals surface area contributed by atoms with Crippen LogP contribution in [-0.4, -0.2) is 38.2 Å². The summed E-state index contributed by atoms with van der Waals surface area (Å²) >= 11 is 0. The average molecular weight is 1150 g/mol. The molecule has 0 amide bonds. The number of hydrogen-bond donors (Lipinski definition) is 0. The molecule has 12 nitrogen and oxygen atoms in total. The normalized spacial score (nSPS) is 11.5. The van der Waals surface area contributed by atoms with E-state index >= 15 is 0 Å². The molecule has 0 aliphatic rings. The number of aromatic nitrogens is 8. The molecule has 414 valence electrons. The zero-order valence-electron chi connectivity index (χ0n) is 47.6. The Hall–Kier alpha value is -13.3. The Bertz CT molecular complexity index is 6020. The SMILES string of the molecule is N#Cc1ccc2c(c1)c1ccccc1n2-c1c(-c2ccccn2)c(-c2nc(-c3ccccc3)nc(-c3ccccc3)n2)c(-n2c3ccccc3c3cc(C#N)ccc32)c(-n2c3ccccc3c3cc(C#N)ccc32)c1-n1c2ccccc2c2cc(C#N)ccc21. The highest BCUT2D eigenvalue weighted by Gasteiger charge is 2.37. The highest BCUT2D eigenvalue weighted by Crippen LogP contribution is 2.54. The lowest BCUT2D eigenvalue weighted by Crippen LogP contribution is -2.17. The van der Waals surface area contributed by atoms with Gasteiger partial charge in [-0.15, -0.1) is 0 Å². The zero-order chi connectivity index (χ0) is 60.1. The molecule has 17 rings (SSSR count). The molecule has 17 aromatic rings. The van der Waals surface area contributed by atoms with Crippen LogP contribution in [0.15, 0.2) is 255 Å². The summed E-state index contributed by atoms with van der Waals surface area (Å²) in [5.41, 5.74) is 14.6. The molecule has 0 aliphatic carbocycles. The zero-order valence-corrected chi connectivity index (χ0v) is 47.6.